The molecule has 0 aromatic heterocycles. The van der Waals surface area contributed by atoms with Crippen LogP contribution in [0.4, 0.5) is 0 Å². The molecule has 18 heavy (non-hydrogen) atoms. The normalized spacial score (nSPS) is 12.2. The molecule has 1 atom stereocenters. The molecule has 0 amide bonds. The number of rotatable bonds is 6. The molecular formula is C16H24O2. The van der Waals surface area contributed by atoms with Crippen molar-refractivity contribution in [3.05, 3.63) is 29.3 Å². The van der Waals surface area contributed by atoms with Crippen molar-refractivity contribution in [2.45, 2.75) is 53.4 Å². The molecular weight excluding hydrogens is 224 g/mol. The van der Waals surface area contributed by atoms with Crippen LogP contribution in [0.1, 0.15) is 50.7 Å². The highest BCUT2D eigenvalue weighted by molar-refractivity contribution is 5.75. The lowest BCUT2D eigenvalue weighted by molar-refractivity contribution is -0.139. The van der Waals surface area contributed by atoms with E-state index in [-0.39, 0.29) is 11.9 Å². The highest BCUT2D eigenvalue weighted by atomic mass is 16.5. The van der Waals surface area contributed by atoms with Gasteiger partial charge in [0.25, 0.3) is 0 Å². The number of hydrogen-bond donors (Lipinski definition) is 0. The molecule has 2 nitrogen and oxygen atoms in total. The second-order valence-electron chi connectivity index (χ2n) is 4.87. The molecule has 0 unspecified atom stereocenters. The van der Waals surface area contributed by atoms with E-state index in [0.717, 1.165) is 36.8 Å². The van der Waals surface area contributed by atoms with Gasteiger partial charge in [-0.3, -0.25) is 4.79 Å². The summed E-state index contributed by atoms with van der Waals surface area (Å²) in [6.45, 7) is 8.21. The number of carbonyl (C=O) groups excluding carboxylic acids is 1. The highest BCUT2D eigenvalue weighted by Gasteiger charge is 2.18. The second kappa shape index (κ2) is 7.20. The molecule has 0 N–H and O–H groups in total. The minimum absolute atomic E-state index is 0.0323. The molecule has 0 radical (unpaired) electrons. The minimum Gasteiger partial charge on any atom is -0.426 e. The summed E-state index contributed by atoms with van der Waals surface area (Å²) in [5.74, 6) is 0.652. The van der Waals surface area contributed by atoms with E-state index in [1.807, 2.05) is 39.0 Å². The first-order valence-corrected chi connectivity index (χ1v) is 6.88. The quantitative estimate of drug-likeness (QED) is 0.550. The zero-order valence-electron chi connectivity index (χ0n) is 12.0. The van der Waals surface area contributed by atoms with Crippen LogP contribution >= 0.6 is 0 Å². The Morgan fingerprint density at radius 1 is 1.28 bits per heavy atom. The van der Waals surface area contributed by atoms with E-state index in [2.05, 4.69) is 6.92 Å². The second-order valence-corrected chi connectivity index (χ2v) is 4.87. The van der Waals surface area contributed by atoms with Gasteiger partial charge < -0.3 is 4.74 Å². The van der Waals surface area contributed by atoms with E-state index in [9.17, 15) is 4.79 Å². The van der Waals surface area contributed by atoms with E-state index < -0.39 is 0 Å². The van der Waals surface area contributed by atoms with Crippen molar-refractivity contribution in [1.82, 2.24) is 0 Å². The lowest BCUT2D eigenvalue weighted by atomic mass is 9.99. The van der Waals surface area contributed by atoms with Crippen molar-refractivity contribution < 1.29 is 9.53 Å². The average molecular weight is 248 g/mol. The highest BCUT2D eigenvalue weighted by Crippen LogP contribution is 2.23. The van der Waals surface area contributed by atoms with Crippen LogP contribution in [0.2, 0.25) is 0 Å². The average Bonchev–Trinajstić information content (AvgIpc) is 2.36. The van der Waals surface area contributed by atoms with Crippen molar-refractivity contribution in [1.29, 1.82) is 0 Å². The van der Waals surface area contributed by atoms with Gasteiger partial charge in [0.2, 0.25) is 0 Å². The number of ether oxygens (including phenoxy) is 1. The Morgan fingerprint density at radius 2 is 2.00 bits per heavy atom. The van der Waals surface area contributed by atoms with Crippen LogP contribution < -0.4 is 4.74 Å². The molecule has 2 heteroatoms. The van der Waals surface area contributed by atoms with Crippen LogP contribution in [0.3, 0.4) is 0 Å². The Morgan fingerprint density at radius 3 is 2.61 bits per heavy atom. The lowest BCUT2D eigenvalue weighted by Crippen LogP contribution is -2.20. The molecule has 0 fully saturated rings. The van der Waals surface area contributed by atoms with Gasteiger partial charge in [0.15, 0.2) is 0 Å². The summed E-state index contributed by atoms with van der Waals surface area (Å²) in [5, 5.41) is 0. The van der Waals surface area contributed by atoms with Gasteiger partial charge >= 0.3 is 5.97 Å². The van der Waals surface area contributed by atoms with Gasteiger partial charge in [0.1, 0.15) is 5.75 Å². The first-order chi connectivity index (χ1) is 8.60. The SMILES string of the molecule is CCCC[C@@H](CC)C(=O)Oc1cccc(C)c1C. The topological polar surface area (TPSA) is 26.3 Å². The zero-order valence-corrected chi connectivity index (χ0v) is 12.0. The summed E-state index contributed by atoms with van der Waals surface area (Å²) in [7, 11) is 0. The number of benzene rings is 1. The number of aryl methyl sites for hydroxylation is 1. The first-order valence-electron chi connectivity index (χ1n) is 6.88. The fourth-order valence-corrected chi connectivity index (χ4v) is 1.97. The largest absolute Gasteiger partial charge is 0.426 e. The molecule has 1 aromatic carbocycles. The van der Waals surface area contributed by atoms with Gasteiger partial charge in [-0.05, 0) is 43.9 Å². The number of carbonyl (C=O) groups is 1. The number of unbranched alkanes of at least 4 members (excludes halogenated alkanes) is 1. The Hall–Kier alpha value is -1.31. The maximum Gasteiger partial charge on any atom is 0.314 e. The molecule has 0 aliphatic carbocycles. The maximum absolute atomic E-state index is 12.1. The van der Waals surface area contributed by atoms with Crippen LogP contribution in [0.15, 0.2) is 18.2 Å². The summed E-state index contributed by atoms with van der Waals surface area (Å²) in [5.41, 5.74) is 2.21. The standard InChI is InChI=1S/C16H24O2/c1-5-7-10-14(6-2)16(17)18-15-11-8-9-12(3)13(15)4/h8-9,11,14H,5-7,10H2,1-4H3/t14-/m1/s1. The third kappa shape index (κ3) is 3.86. The third-order valence-corrected chi connectivity index (χ3v) is 3.50. The lowest BCUT2D eigenvalue weighted by Gasteiger charge is -2.15. The van der Waals surface area contributed by atoms with Gasteiger partial charge in [-0.2, -0.15) is 0 Å². The summed E-state index contributed by atoms with van der Waals surface area (Å²) in [6.07, 6.45) is 3.98. The van der Waals surface area contributed by atoms with Gasteiger partial charge in [-0.15, -0.1) is 0 Å². The van der Waals surface area contributed by atoms with Crippen molar-refractivity contribution in [2.24, 2.45) is 5.92 Å². The van der Waals surface area contributed by atoms with Crippen LogP contribution in [-0.2, 0) is 4.79 Å². The van der Waals surface area contributed by atoms with Crippen LogP contribution in [0.25, 0.3) is 0 Å². The Bertz CT molecular complexity index is 396. The van der Waals surface area contributed by atoms with Gasteiger partial charge in [0.05, 0.1) is 5.92 Å². The Kier molecular flexibility index (Phi) is 5.90. The number of hydrogen-bond acceptors (Lipinski definition) is 2. The fraction of sp³-hybridized carbons (Fsp3) is 0.562. The summed E-state index contributed by atoms with van der Waals surface area (Å²) >= 11 is 0. The molecule has 0 heterocycles. The molecule has 0 saturated carbocycles. The van der Waals surface area contributed by atoms with E-state index in [0.29, 0.717) is 5.75 Å². The first kappa shape index (κ1) is 14.7. The smallest absolute Gasteiger partial charge is 0.314 e. The molecule has 0 aliphatic rings. The van der Waals surface area contributed by atoms with Crippen LogP contribution in [-0.4, -0.2) is 5.97 Å². The van der Waals surface area contributed by atoms with Gasteiger partial charge in [0, 0.05) is 0 Å². The van der Waals surface area contributed by atoms with E-state index >= 15 is 0 Å². The number of esters is 1. The predicted octanol–water partition coefficient (Wildman–Crippen LogP) is 4.43. The Labute approximate surface area is 110 Å². The van der Waals surface area contributed by atoms with Crippen molar-refractivity contribution >= 4 is 5.97 Å². The van der Waals surface area contributed by atoms with Crippen LogP contribution in [0.5, 0.6) is 5.75 Å². The van der Waals surface area contributed by atoms with E-state index in [4.69, 9.17) is 4.74 Å². The van der Waals surface area contributed by atoms with Crippen molar-refractivity contribution in [3.63, 3.8) is 0 Å². The summed E-state index contributed by atoms with van der Waals surface area (Å²) < 4.78 is 5.54. The monoisotopic (exact) mass is 248 g/mol. The van der Waals surface area contributed by atoms with Gasteiger partial charge in [-0.1, -0.05) is 38.8 Å². The molecule has 0 spiro atoms. The molecule has 0 aliphatic heterocycles. The fourth-order valence-electron chi connectivity index (χ4n) is 1.97. The zero-order chi connectivity index (χ0) is 13.5. The summed E-state index contributed by atoms with van der Waals surface area (Å²) in [6, 6.07) is 5.83. The summed E-state index contributed by atoms with van der Waals surface area (Å²) in [4.78, 5) is 12.1. The van der Waals surface area contributed by atoms with E-state index in [1.165, 1.54) is 0 Å². The maximum atomic E-state index is 12.1. The van der Waals surface area contributed by atoms with Crippen LogP contribution in [0, 0.1) is 19.8 Å². The van der Waals surface area contributed by atoms with E-state index in [1.54, 1.807) is 0 Å². The molecule has 0 saturated heterocycles. The molecule has 100 valence electrons. The molecule has 0 bridgehead atoms. The van der Waals surface area contributed by atoms with Crippen molar-refractivity contribution in [2.75, 3.05) is 0 Å². The predicted molar refractivity (Wildman–Crippen MR) is 74.9 cm³/mol. The third-order valence-electron chi connectivity index (χ3n) is 3.50. The molecule has 1 rings (SSSR count). The minimum atomic E-state index is -0.0837. The Balaban J connectivity index is 2.70. The van der Waals surface area contributed by atoms with Crippen molar-refractivity contribution in [3.8, 4) is 5.75 Å². The van der Waals surface area contributed by atoms with Gasteiger partial charge in [-0.25, -0.2) is 0 Å². The molecule has 1 aromatic rings.